The van der Waals surface area contributed by atoms with Gasteiger partial charge in [-0.15, -0.1) is 0 Å². The predicted octanol–water partition coefficient (Wildman–Crippen LogP) is 0.951. The number of hydrogen-bond acceptors (Lipinski definition) is 4. The molecule has 0 radical (unpaired) electrons. The molecule has 0 saturated heterocycles. The highest BCUT2D eigenvalue weighted by molar-refractivity contribution is 5.79. The molecule has 0 aliphatic heterocycles. The van der Waals surface area contributed by atoms with Gasteiger partial charge in [0.05, 0.1) is 19.5 Å². The summed E-state index contributed by atoms with van der Waals surface area (Å²) < 4.78 is 5.45. The second-order valence-corrected chi connectivity index (χ2v) is 4.69. The van der Waals surface area contributed by atoms with Gasteiger partial charge in [-0.05, 0) is 5.56 Å². The molecule has 0 aliphatic carbocycles. The van der Waals surface area contributed by atoms with E-state index in [1.165, 1.54) is 6.33 Å². The van der Waals surface area contributed by atoms with Crippen LogP contribution >= 0.6 is 0 Å². The van der Waals surface area contributed by atoms with E-state index in [0.717, 1.165) is 5.56 Å². The van der Waals surface area contributed by atoms with Gasteiger partial charge in [-0.25, -0.2) is 4.98 Å². The molecule has 1 aromatic heterocycles. The van der Waals surface area contributed by atoms with Crippen molar-refractivity contribution in [3.8, 4) is 0 Å². The number of nitrogens with zero attached hydrogens (tertiary/aromatic N) is 1. The molecule has 0 unspecified atom stereocenters. The molecule has 6 nitrogen and oxygen atoms in total. The number of rotatable bonds is 7. The Balaban J connectivity index is 1.93. The average Bonchev–Trinajstić information content (AvgIpc) is 2.92. The number of benzene rings is 1. The zero-order chi connectivity index (χ0) is 14.4. The van der Waals surface area contributed by atoms with E-state index in [1.807, 2.05) is 30.3 Å². The standard InChI is InChI=1S/C14H17N3O3/c15-14(13(18)19,6-12-7-16-10-17-12)9-20-8-11-4-2-1-3-5-11/h1-5,7,10H,6,8-9,15H2,(H,16,17)(H,18,19)/t14-/m1/s1. The fourth-order valence-corrected chi connectivity index (χ4v) is 1.83. The first-order valence-corrected chi connectivity index (χ1v) is 6.21. The van der Waals surface area contributed by atoms with Crippen LogP contribution in [0.1, 0.15) is 11.3 Å². The van der Waals surface area contributed by atoms with Crippen molar-refractivity contribution < 1.29 is 14.6 Å². The normalized spacial score (nSPS) is 13.8. The van der Waals surface area contributed by atoms with E-state index in [4.69, 9.17) is 10.5 Å². The van der Waals surface area contributed by atoms with Crippen LogP contribution in [0.3, 0.4) is 0 Å². The van der Waals surface area contributed by atoms with Crippen LogP contribution in [0.15, 0.2) is 42.9 Å². The third-order valence-corrected chi connectivity index (χ3v) is 2.96. The van der Waals surface area contributed by atoms with Crippen molar-refractivity contribution in [3.63, 3.8) is 0 Å². The maximum Gasteiger partial charge on any atom is 0.326 e. The molecule has 0 bridgehead atoms. The van der Waals surface area contributed by atoms with Gasteiger partial charge >= 0.3 is 5.97 Å². The quantitative estimate of drug-likeness (QED) is 0.698. The molecule has 1 aromatic carbocycles. The van der Waals surface area contributed by atoms with Gasteiger partial charge in [-0.2, -0.15) is 0 Å². The van der Waals surface area contributed by atoms with E-state index < -0.39 is 11.5 Å². The molecule has 2 aromatic rings. The Bertz CT molecular complexity index is 542. The lowest BCUT2D eigenvalue weighted by molar-refractivity contribution is -0.146. The smallest absolute Gasteiger partial charge is 0.326 e. The van der Waals surface area contributed by atoms with Crippen LogP contribution in [0, 0.1) is 0 Å². The Morgan fingerprint density at radius 1 is 1.40 bits per heavy atom. The highest BCUT2D eigenvalue weighted by Crippen LogP contribution is 2.11. The highest BCUT2D eigenvalue weighted by atomic mass is 16.5. The van der Waals surface area contributed by atoms with Crippen LogP contribution < -0.4 is 5.73 Å². The van der Waals surface area contributed by atoms with Crippen LogP contribution in [0.2, 0.25) is 0 Å². The van der Waals surface area contributed by atoms with Gasteiger partial charge in [0.15, 0.2) is 0 Å². The van der Waals surface area contributed by atoms with Gasteiger partial charge in [-0.3, -0.25) is 4.79 Å². The molecule has 0 saturated carbocycles. The first-order chi connectivity index (χ1) is 9.60. The Hall–Kier alpha value is -2.18. The van der Waals surface area contributed by atoms with Crippen molar-refractivity contribution in [1.82, 2.24) is 9.97 Å². The third-order valence-electron chi connectivity index (χ3n) is 2.96. The number of carbonyl (C=O) groups is 1. The maximum atomic E-state index is 11.4. The number of aliphatic carboxylic acids is 1. The minimum atomic E-state index is -1.47. The summed E-state index contributed by atoms with van der Waals surface area (Å²) in [5.74, 6) is -1.10. The molecule has 0 fully saturated rings. The largest absolute Gasteiger partial charge is 0.480 e. The van der Waals surface area contributed by atoms with Gasteiger partial charge in [-0.1, -0.05) is 30.3 Å². The fourth-order valence-electron chi connectivity index (χ4n) is 1.83. The molecule has 0 amide bonds. The second kappa shape index (κ2) is 6.31. The minimum Gasteiger partial charge on any atom is -0.480 e. The number of carboxylic acids is 1. The van der Waals surface area contributed by atoms with Gasteiger partial charge in [0.25, 0.3) is 0 Å². The Labute approximate surface area is 116 Å². The van der Waals surface area contributed by atoms with Crippen LogP contribution in [0.4, 0.5) is 0 Å². The second-order valence-electron chi connectivity index (χ2n) is 4.69. The van der Waals surface area contributed by atoms with Crippen molar-refractivity contribution in [2.24, 2.45) is 5.73 Å². The third kappa shape index (κ3) is 3.66. The van der Waals surface area contributed by atoms with Crippen molar-refractivity contribution in [2.45, 2.75) is 18.6 Å². The molecule has 0 aliphatic rings. The van der Waals surface area contributed by atoms with Gasteiger partial charge in [0.2, 0.25) is 0 Å². The Morgan fingerprint density at radius 2 is 2.15 bits per heavy atom. The number of carboxylic acid groups (broad SMARTS) is 1. The molecule has 1 atom stereocenters. The summed E-state index contributed by atoms with van der Waals surface area (Å²) in [5, 5.41) is 9.29. The van der Waals surface area contributed by atoms with Crippen LogP contribution in [-0.4, -0.2) is 33.2 Å². The SMILES string of the molecule is N[C@@](COCc1ccccc1)(Cc1cnc[nH]1)C(=O)O. The topological polar surface area (TPSA) is 101 Å². The zero-order valence-electron chi connectivity index (χ0n) is 11.0. The Morgan fingerprint density at radius 3 is 2.75 bits per heavy atom. The zero-order valence-corrected chi connectivity index (χ0v) is 11.0. The van der Waals surface area contributed by atoms with E-state index in [0.29, 0.717) is 12.3 Å². The molecule has 0 spiro atoms. The Kier molecular flexibility index (Phi) is 4.49. The van der Waals surface area contributed by atoms with Crippen molar-refractivity contribution >= 4 is 5.97 Å². The molecule has 1 heterocycles. The number of nitrogens with one attached hydrogen (secondary N) is 1. The van der Waals surface area contributed by atoms with Gasteiger partial charge < -0.3 is 20.6 Å². The summed E-state index contributed by atoms with van der Waals surface area (Å²) in [4.78, 5) is 18.0. The molecule has 106 valence electrons. The summed E-state index contributed by atoms with van der Waals surface area (Å²) in [6, 6.07) is 9.53. The van der Waals surface area contributed by atoms with Gasteiger partial charge in [0.1, 0.15) is 5.54 Å². The summed E-state index contributed by atoms with van der Waals surface area (Å²) in [7, 11) is 0. The monoisotopic (exact) mass is 275 g/mol. The van der Waals surface area contributed by atoms with Crippen LogP contribution in [0.25, 0.3) is 0 Å². The van der Waals surface area contributed by atoms with E-state index in [9.17, 15) is 9.90 Å². The minimum absolute atomic E-state index is 0.0732. The number of ether oxygens (including phenoxy) is 1. The number of H-pyrrole nitrogens is 1. The first-order valence-electron chi connectivity index (χ1n) is 6.21. The number of imidazole rings is 1. The molecular weight excluding hydrogens is 258 g/mol. The lowest BCUT2D eigenvalue weighted by atomic mass is 9.96. The van der Waals surface area contributed by atoms with Crippen molar-refractivity contribution in [2.75, 3.05) is 6.61 Å². The molecule has 20 heavy (non-hydrogen) atoms. The van der Waals surface area contributed by atoms with E-state index in [2.05, 4.69) is 9.97 Å². The lowest BCUT2D eigenvalue weighted by Crippen LogP contribution is -2.53. The molecular formula is C14H17N3O3. The number of aromatic nitrogens is 2. The molecule has 2 rings (SSSR count). The lowest BCUT2D eigenvalue weighted by Gasteiger charge is -2.23. The van der Waals surface area contributed by atoms with Crippen LogP contribution in [-0.2, 0) is 22.6 Å². The van der Waals surface area contributed by atoms with Crippen molar-refractivity contribution in [1.29, 1.82) is 0 Å². The highest BCUT2D eigenvalue weighted by Gasteiger charge is 2.35. The fraction of sp³-hybridized carbons (Fsp3) is 0.286. The van der Waals surface area contributed by atoms with E-state index in [1.54, 1.807) is 6.20 Å². The van der Waals surface area contributed by atoms with E-state index in [-0.39, 0.29) is 13.0 Å². The number of hydrogen-bond donors (Lipinski definition) is 3. The van der Waals surface area contributed by atoms with Crippen LogP contribution in [0.5, 0.6) is 0 Å². The van der Waals surface area contributed by atoms with Crippen molar-refractivity contribution in [3.05, 3.63) is 54.1 Å². The molecule has 4 N–H and O–H groups in total. The molecule has 6 heteroatoms. The number of aromatic amines is 1. The first kappa shape index (κ1) is 14.2. The number of nitrogens with two attached hydrogens (primary N) is 1. The average molecular weight is 275 g/mol. The summed E-state index contributed by atoms with van der Waals surface area (Å²) in [6.07, 6.45) is 3.18. The maximum absolute atomic E-state index is 11.4. The van der Waals surface area contributed by atoms with Gasteiger partial charge in [0, 0.05) is 18.3 Å². The summed E-state index contributed by atoms with van der Waals surface area (Å²) >= 11 is 0. The summed E-state index contributed by atoms with van der Waals surface area (Å²) in [6.45, 7) is 0.256. The van der Waals surface area contributed by atoms with E-state index >= 15 is 0 Å². The summed E-state index contributed by atoms with van der Waals surface area (Å²) in [5.41, 5.74) is 6.09. The predicted molar refractivity (Wildman–Crippen MR) is 72.9 cm³/mol.